The van der Waals surface area contributed by atoms with Gasteiger partial charge in [-0.3, -0.25) is 11.3 Å². The van der Waals surface area contributed by atoms with E-state index in [9.17, 15) is 4.39 Å². The van der Waals surface area contributed by atoms with E-state index in [4.69, 9.17) is 22.2 Å². The predicted molar refractivity (Wildman–Crippen MR) is 76.7 cm³/mol. The molecule has 1 heterocycles. The monoisotopic (exact) mass is 298 g/mol. The average Bonchev–Trinajstić information content (AvgIpc) is 2.42. The fourth-order valence-corrected chi connectivity index (χ4v) is 3.60. The first-order chi connectivity index (χ1) is 9.63. The molecule has 0 aromatic heterocycles. The van der Waals surface area contributed by atoms with E-state index >= 15 is 0 Å². The minimum atomic E-state index is -0.394. The topological polar surface area (TPSA) is 47.3 Å². The van der Waals surface area contributed by atoms with Gasteiger partial charge >= 0.3 is 0 Å². The summed E-state index contributed by atoms with van der Waals surface area (Å²) >= 11 is 5.74. The summed E-state index contributed by atoms with van der Waals surface area (Å²) in [6.07, 6.45) is 5.45. The quantitative estimate of drug-likeness (QED) is 0.665. The summed E-state index contributed by atoms with van der Waals surface area (Å²) in [6, 6.07) is 4.87. The van der Waals surface area contributed by atoms with Crippen LogP contribution < -0.4 is 11.3 Å². The Balaban J connectivity index is 1.79. The number of hydrogen-bond acceptors (Lipinski definition) is 3. The van der Waals surface area contributed by atoms with Gasteiger partial charge in [-0.25, -0.2) is 4.39 Å². The Labute approximate surface area is 123 Å². The zero-order valence-corrected chi connectivity index (χ0v) is 12.1. The van der Waals surface area contributed by atoms with E-state index in [1.165, 1.54) is 12.5 Å². The van der Waals surface area contributed by atoms with Crippen LogP contribution in [-0.2, 0) is 4.74 Å². The van der Waals surface area contributed by atoms with Crippen molar-refractivity contribution in [1.82, 2.24) is 5.43 Å². The molecule has 0 amide bonds. The van der Waals surface area contributed by atoms with Crippen LogP contribution in [0, 0.1) is 11.7 Å². The highest BCUT2D eigenvalue weighted by Gasteiger charge is 2.44. The maximum Gasteiger partial charge on any atom is 0.142 e. The molecular formula is C15H20ClFN2O. The van der Waals surface area contributed by atoms with Gasteiger partial charge in [-0.15, -0.1) is 0 Å². The number of hydrazine groups is 1. The first kappa shape index (κ1) is 14.3. The highest BCUT2D eigenvalue weighted by Crippen LogP contribution is 2.47. The SMILES string of the molecule is NNC(c1ccc(Cl)c(F)c1)C1CCOC2(CCC2)C1. The molecular weight excluding hydrogens is 279 g/mol. The normalized spacial score (nSPS) is 26.2. The van der Waals surface area contributed by atoms with Crippen molar-refractivity contribution in [3.63, 3.8) is 0 Å². The number of hydrogen-bond donors (Lipinski definition) is 2. The van der Waals surface area contributed by atoms with Crippen molar-refractivity contribution in [2.45, 2.75) is 43.7 Å². The molecule has 110 valence electrons. The molecule has 1 aromatic carbocycles. The lowest BCUT2D eigenvalue weighted by atomic mass is 9.70. The van der Waals surface area contributed by atoms with Gasteiger partial charge in [-0.2, -0.15) is 0 Å². The predicted octanol–water partition coefficient (Wildman–Crippen LogP) is 3.33. The summed E-state index contributed by atoms with van der Waals surface area (Å²) in [5.74, 6) is 5.70. The van der Waals surface area contributed by atoms with E-state index in [1.54, 1.807) is 6.07 Å². The average molecular weight is 299 g/mol. The molecule has 3 N–H and O–H groups in total. The van der Waals surface area contributed by atoms with Crippen molar-refractivity contribution < 1.29 is 9.13 Å². The van der Waals surface area contributed by atoms with Crippen molar-refractivity contribution in [3.8, 4) is 0 Å². The van der Waals surface area contributed by atoms with Gasteiger partial charge in [0.2, 0.25) is 0 Å². The standard InChI is InChI=1S/C15H20ClFN2O/c16-12-3-2-10(8-13(12)17)14(19-18)11-4-7-20-15(9-11)5-1-6-15/h2-3,8,11,14,19H,1,4-7,9,18H2. The Morgan fingerprint density at radius 1 is 1.45 bits per heavy atom. The third-order valence-electron chi connectivity index (χ3n) is 4.75. The lowest BCUT2D eigenvalue weighted by Gasteiger charge is -2.48. The van der Waals surface area contributed by atoms with Crippen LogP contribution in [0.15, 0.2) is 18.2 Å². The molecule has 3 nitrogen and oxygen atoms in total. The van der Waals surface area contributed by atoms with Gasteiger partial charge in [-0.1, -0.05) is 17.7 Å². The molecule has 2 aliphatic rings. The Kier molecular flexibility index (Phi) is 4.00. The minimum absolute atomic E-state index is 0.0526. The van der Waals surface area contributed by atoms with Gasteiger partial charge < -0.3 is 4.74 Å². The molecule has 2 atom stereocenters. The number of rotatable bonds is 3. The van der Waals surface area contributed by atoms with E-state index in [-0.39, 0.29) is 16.7 Å². The van der Waals surface area contributed by atoms with Gasteiger partial charge in [0, 0.05) is 12.6 Å². The number of nitrogens with one attached hydrogen (secondary N) is 1. The zero-order chi connectivity index (χ0) is 14.2. The Hall–Kier alpha value is -0.680. The summed E-state index contributed by atoms with van der Waals surface area (Å²) in [5, 5.41) is 0.145. The van der Waals surface area contributed by atoms with Crippen LogP contribution >= 0.6 is 11.6 Å². The van der Waals surface area contributed by atoms with E-state index in [2.05, 4.69) is 5.43 Å². The Bertz CT molecular complexity index is 493. The summed E-state index contributed by atoms with van der Waals surface area (Å²) in [4.78, 5) is 0. The molecule has 0 radical (unpaired) electrons. The van der Waals surface area contributed by atoms with E-state index in [1.807, 2.05) is 6.07 Å². The summed E-state index contributed by atoms with van der Waals surface area (Å²) in [5.41, 5.74) is 3.77. The molecule has 2 fully saturated rings. The summed E-state index contributed by atoms with van der Waals surface area (Å²) < 4.78 is 19.6. The van der Waals surface area contributed by atoms with Crippen molar-refractivity contribution in [3.05, 3.63) is 34.6 Å². The Morgan fingerprint density at radius 2 is 2.25 bits per heavy atom. The molecule has 5 heteroatoms. The molecule has 1 aromatic rings. The third kappa shape index (κ3) is 2.58. The Morgan fingerprint density at radius 3 is 2.85 bits per heavy atom. The third-order valence-corrected chi connectivity index (χ3v) is 5.06. The van der Waals surface area contributed by atoms with Gasteiger partial charge in [-0.05, 0) is 55.7 Å². The number of benzene rings is 1. The van der Waals surface area contributed by atoms with Crippen molar-refractivity contribution in [2.24, 2.45) is 11.8 Å². The van der Waals surface area contributed by atoms with Gasteiger partial charge in [0.1, 0.15) is 5.82 Å². The number of nitrogens with two attached hydrogens (primary N) is 1. The van der Waals surface area contributed by atoms with E-state index in [0.29, 0.717) is 5.92 Å². The maximum atomic E-state index is 13.6. The van der Waals surface area contributed by atoms with Crippen LogP contribution in [0.5, 0.6) is 0 Å². The van der Waals surface area contributed by atoms with Crippen LogP contribution in [0.3, 0.4) is 0 Å². The summed E-state index contributed by atoms with van der Waals surface area (Å²) in [6.45, 7) is 0.763. The molecule has 20 heavy (non-hydrogen) atoms. The van der Waals surface area contributed by atoms with Crippen LogP contribution in [0.25, 0.3) is 0 Å². The highest BCUT2D eigenvalue weighted by molar-refractivity contribution is 6.30. The molecule has 3 rings (SSSR count). The van der Waals surface area contributed by atoms with Gasteiger partial charge in [0.15, 0.2) is 0 Å². The smallest absolute Gasteiger partial charge is 0.142 e. The fraction of sp³-hybridized carbons (Fsp3) is 0.600. The van der Waals surface area contributed by atoms with E-state index in [0.717, 1.165) is 37.9 Å². The first-order valence-corrected chi connectivity index (χ1v) is 7.56. The van der Waals surface area contributed by atoms with Crippen LogP contribution in [0.1, 0.15) is 43.7 Å². The molecule has 1 aliphatic heterocycles. The summed E-state index contributed by atoms with van der Waals surface area (Å²) in [7, 11) is 0. The first-order valence-electron chi connectivity index (χ1n) is 7.19. The lowest BCUT2D eigenvalue weighted by Crippen LogP contribution is -2.48. The second-order valence-electron chi connectivity index (χ2n) is 5.96. The second kappa shape index (κ2) is 5.60. The second-order valence-corrected chi connectivity index (χ2v) is 6.36. The number of ether oxygens (including phenoxy) is 1. The molecule has 1 spiro atoms. The minimum Gasteiger partial charge on any atom is -0.375 e. The molecule has 1 aliphatic carbocycles. The van der Waals surface area contributed by atoms with Crippen LogP contribution in [0.4, 0.5) is 4.39 Å². The molecule has 2 unspecified atom stereocenters. The van der Waals surface area contributed by atoms with E-state index < -0.39 is 5.82 Å². The van der Waals surface area contributed by atoms with Gasteiger partial charge in [0.25, 0.3) is 0 Å². The van der Waals surface area contributed by atoms with Gasteiger partial charge in [0.05, 0.1) is 10.6 Å². The fourth-order valence-electron chi connectivity index (χ4n) is 3.48. The van der Waals surface area contributed by atoms with Crippen molar-refractivity contribution in [1.29, 1.82) is 0 Å². The largest absolute Gasteiger partial charge is 0.375 e. The zero-order valence-electron chi connectivity index (χ0n) is 11.4. The maximum absolute atomic E-state index is 13.6. The van der Waals surface area contributed by atoms with Crippen LogP contribution in [0.2, 0.25) is 5.02 Å². The van der Waals surface area contributed by atoms with Crippen molar-refractivity contribution >= 4 is 11.6 Å². The highest BCUT2D eigenvalue weighted by atomic mass is 35.5. The lowest BCUT2D eigenvalue weighted by molar-refractivity contribution is -0.147. The molecule has 1 saturated carbocycles. The van der Waals surface area contributed by atoms with Crippen LogP contribution in [-0.4, -0.2) is 12.2 Å². The number of halogens is 2. The molecule has 1 saturated heterocycles. The van der Waals surface area contributed by atoms with Crippen molar-refractivity contribution in [2.75, 3.05) is 6.61 Å². The molecule has 0 bridgehead atoms.